The number of carbonyl (C=O) groups excluding carboxylic acids is 2. The van der Waals surface area contributed by atoms with Crippen molar-refractivity contribution in [2.45, 2.75) is 80.8 Å². The second-order valence-electron chi connectivity index (χ2n) is 13.0. The van der Waals surface area contributed by atoms with E-state index in [2.05, 4.69) is 11.0 Å². The summed E-state index contributed by atoms with van der Waals surface area (Å²) in [5.41, 5.74) is 0.217. The molecular formula is C34H37F3N2O5. The molecule has 10 heteroatoms. The van der Waals surface area contributed by atoms with Crippen LogP contribution >= 0.6 is 0 Å². The number of benzene rings is 2. The molecular weight excluding hydrogens is 573 g/mol. The fourth-order valence-electron chi connectivity index (χ4n) is 8.70. The van der Waals surface area contributed by atoms with Gasteiger partial charge in [0, 0.05) is 32.2 Å². The Morgan fingerprint density at radius 2 is 1.95 bits per heavy atom. The Bertz CT molecular complexity index is 1540. The Morgan fingerprint density at radius 1 is 1.16 bits per heavy atom. The summed E-state index contributed by atoms with van der Waals surface area (Å²) in [5, 5.41) is 0. The van der Waals surface area contributed by atoms with Crippen LogP contribution in [-0.2, 0) is 32.3 Å². The molecule has 7 rings (SSSR count). The van der Waals surface area contributed by atoms with Gasteiger partial charge in [-0.05, 0) is 86.4 Å². The van der Waals surface area contributed by atoms with Crippen LogP contribution in [0.25, 0.3) is 6.08 Å². The minimum Gasteiger partial charge on any atom is -0.493 e. The second-order valence-corrected chi connectivity index (χ2v) is 13.0. The van der Waals surface area contributed by atoms with E-state index < -0.39 is 28.9 Å². The molecule has 0 aromatic heterocycles. The SMILES string of the molecule is COc1ccc2c3c1OC1C(N(C)C(=O)/C=C/c4cccc(C(F)(F)F)c4)CC[C@@]4(OC(C)=O)[C@@H](C2)N(CC2CC2)CC[C@]314. The highest BCUT2D eigenvalue weighted by atomic mass is 19.4. The molecule has 2 bridgehead atoms. The van der Waals surface area contributed by atoms with E-state index >= 15 is 0 Å². The standard InChI is InChI=1S/C34H37F3N2O5/c1-20(40)44-33-14-13-25(38(2)28(41)12-9-21-5-4-6-24(17-21)34(35,36)37)31-32(33)15-16-39(19-22-7-8-22)27(33)18-23-10-11-26(42-3)30(43-31)29(23)32/h4-6,9-12,17,22,25,27,31H,7-8,13-16,18-19H2,1-3H3/b12-9+/t25?,27-,31?,32+,33-/m1/s1. The highest BCUT2D eigenvalue weighted by Gasteiger charge is 2.75. The van der Waals surface area contributed by atoms with Gasteiger partial charge in [0.2, 0.25) is 5.91 Å². The summed E-state index contributed by atoms with van der Waals surface area (Å²) in [6.45, 7) is 3.29. The predicted octanol–water partition coefficient (Wildman–Crippen LogP) is 5.39. The number of alkyl halides is 3. The summed E-state index contributed by atoms with van der Waals surface area (Å²) in [6.07, 6.45) is 2.76. The van der Waals surface area contributed by atoms with E-state index in [1.165, 1.54) is 44.1 Å². The molecule has 2 saturated carbocycles. The van der Waals surface area contributed by atoms with E-state index in [1.807, 2.05) is 6.07 Å². The number of esters is 1. The Hall–Kier alpha value is -3.53. The molecule has 2 aromatic rings. The zero-order valence-corrected chi connectivity index (χ0v) is 25.2. The molecule has 1 spiro atoms. The van der Waals surface area contributed by atoms with Gasteiger partial charge in [0.05, 0.1) is 30.2 Å². The normalized spacial score (nSPS) is 30.5. The minimum absolute atomic E-state index is 0.0125. The number of methoxy groups -OCH3 is 1. The molecule has 234 valence electrons. The first-order chi connectivity index (χ1) is 21.0. The number of likely N-dealkylation sites (N-methyl/N-ethyl adjacent to an activating group) is 1. The molecule has 7 nitrogen and oxygen atoms in total. The number of likely N-dealkylation sites (tertiary alicyclic amines) is 1. The van der Waals surface area contributed by atoms with E-state index in [-0.39, 0.29) is 29.5 Å². The summed E-state index contributed by atoms with van der Waals surface area (Å²) in [7, 11) is 3.32. The van der Waals surface area contributed by atoms with Crippen molar-refractivity contribution in [3.63, 3.8) is 0 Å². The lowest BCUT2D eigenvalue weighted by molar-refractivity contribution is -0.223. The highest BCUT2D eigenvalue weighted by Crippen LogP contribution is 2.67. The van der Waals surface area contributed by atoms with Crippen LogP contribution in [0.2, 0.25) is 0 Å². The largest absolute Gasteiger partial charge is 0.493 e. The zero-order valence-electron chi connectivity index (χ0n) is 25.2. The number of halogens is 3. The van der Waals surface area contributed by atoms with Crippen molar-refractivity contribution in [3.8, 4) is 11.5 Å². The Labute approximate surface area is 254 Å². The van der Waals surface area contributed by atoms with Crippen molar-refractivity contribution in [2.75, 3.05) is 27.2 Å². The van der Waals surface area contributed by atoms with Gasteiger partial charge < -0.3 is 19.1 Å². The van der Waals surface area contributed by atoms with Crippen LogP contribution in [0.5, 0.6) is 11.5 Å². The first-order valence-corrected chi connectivity index (χ1v) is 15.4. The summed E-state index contributed by atoms with van der Waals surface area (Å²) in [4.78, 5) is 30.6. The number of nitrogens with zero attached hydrogens (tertiary/aromatic N) is 2. The quantitative estimate of drug-likeness (QED) is 0.310. The average molecular weight is 611 g/mol. The van der Waals surface area contributed by atoms with Gasteiger partial charge in [0.25, 0.3) is 0 Å². The fourth-order valence-corrected chi connectivity index (χ4v) is 8.70. The molecule has 5 atom stereocenters. The maximum atomic E-state index is 13.6. The van der Waals surface area contributed by atoms with Crippen LogP contribution in [0.1, 0.15) is 61.3 Å². The van der Waals surface area contributed by atoms with Crippen LogP contribution in [0.15, 0.2) is 42.5 Å². The molecule has 44 heavy (non-hydrogen) atoms. The van der Waals surface area contributed by atoms with Gasteiger partial charge in [-0.1, -0.05) is 18.2 Å². The van der Waals surface area contributed by atoms with Crippen molar-refractivity contribution >= 4 is 18.0 Å². The Kier molecular flexibility index (Phi) is 6.81. The number of ether oxygens (including phenoxy) is 3. The van der Waals surface area contributed by atoms with E-state index in [0.29, 0.717) is 36.7 Å². The van der Waals surface area contributed by atoms with Crippen LogP contribution in [-0.4, -0.2) is 72.7 Å². The number of carbonyl (C=O) groups is 2. The zero-order chi connectivity index (χ0) is 31.0. The minimum atomic E-state index is -4.47. The number of amides is 1. The lowest BCUT2D eigenvalue weighted by atomic mass is 9.48. The topological polar surface area (TPSA) is 68.3 Å². The van der Waals surface area contributed by atoms with Crippen LogP contribution in [0.3, 0.4) is 0 Å². The van der Waals surface area contributed by atoms with E-state index in [1.54, 1.807) is 19.1 Å². The molecule has 2 unspecified atom stereocenters. The number of hydrogen-bond acceptors (Lipinski definition) is 6. The predicted molar refractivity (Wildman–Crippen MR) is 156 cm³/mol. The lowest BCUT2D eigenvalue weighted by Crippen LogP contribution is -2.79. The summed E-state index contributed by atoms with van der Waals surface area (Å²) >= 11 is 0. The molecule has 5 aliphatic rings. The summed E-state index contributed by atoms with van der Waals surface area (Å²) < 4.78 is 58.9. The third kappa shape index (κ3) is 4.35. The van der Waals surface area contributed by atoms with Gasteiger partial charge in [-0.15, -0.1) is 0 Å². The first kappa shape index (κ1) is 29.2. The number of piperidine rings is 1. The summed E-state index contributed by atoms with van der Waals surface area (Å²) in [5.74, 6) is 1.28. The third-order valence-corrected chi connectivity index (χ3v) is 10.7. The lowest BCUT2D eigenvalue weighted by Gasteiger charge is -2.65. The van der Waals surface area contributed by atoms with Crippen molar-refractivity contribution in [1.82, 2.24) is 9.80 Å². The number of rotatable bonds is 7. The smallest absolute Gasteiger partial charge is 0.416 e. The molecule has 1 amide bonds. The third-order valence-electron chi connectivity index (χ3n) is 10.7. The molecule has 2 aromatic carbocycles. The molecule has 2 heterocycles. The van der Waals surface area contributed by atoms with Crippen LogP contribution < -0.4 is 9.47 Å². The molecule has 0 radical (unpaired) electrons. The monoisotopic (exact) mass is 610 g/mol. The Morgan fingerprint density at radius 3 is 2.66 bits per heavy atom. The average Bonchev–Trinajstić information content (AvgIpc) is 3.73. The maximum Gasteiger partial charge on any atom is 0.416 e. The van der Waals surface area contributed by atoms with Gasteiger partial charge in [-0.2, -0.15) is 13.2 Å². The van der Waals surface area contributed by atoms with Crippen LogP contribution in [0.4, 0.5) is 13.2 Å². The first-order valence-electron chi connectivity index (χ1n) is 15.4. The van der Waals surface area contributed by atoms with Gasteiger partial charge in [-0.3, -0.25) is 14.5 Å². The molecule has 3 fully saturated rings. The maximum absolute atomic E-state index is 13.6. The number of hydrogen-bond donors (Lipinski definition) is 0. The molecule has 0 N–H and O–H groups in total. The van der Waals surface area contributed by atoms with Crippen molar-refractivity contribution < 1.29 is 37.0 Å². The van der Waals surface area contributed by atoms with E-state index in [9.17, 15) is 22.8 Å². The molecule has 3 aliphatic carbocycles. The highest BCUT2D eigenvalue weighted by molar-refractivity contribution is 5.92. The van der Waals surface area contributed by atoms with Gasteiger partial charge in [-0.25, -0.2) is 0 Å². The Balaban J connectivity index is 1.27. The molecule has 1 saturated heterocycles. The van der Waals surface area contributed by atoms with Crippen molar-refractivity contribution in [1.29, 1.82) is 0 Å². The van der Waals surface area contributed by atoms with Gasteiger partial charge >= 0.3 is 12.1 Å². The van der Waals surface area contributed by atoms with Crippen LogP contribution in [0, 0.1) is 5.92 Å². The second kappa shape index (κ2) is 10.3. The van der Waals surface area contributed by atoms with Gasteiger partial charge in [0.1, 0.15) is 11.7 Å². The fraction of sp³-hybridized carbons (Fsp3) is 0.529. The van der Waals surface area contributed by atoms with E-state index in [4.69, 9.17) is 14.2 Å². The van der Waals surface area contributed by atoms with Gasteiger partial charge in [0.15, 0.2) is 11.5 Å². The summed E-state index contributed by atoms with van der Waals surface area (Å²) in [6, 6.07) is 8.56. The van der Waals surface area contributed by atoms with Crippen molar-refractivity contribution in [3.05, 3.63) is 64.7 Å². The van der Waals surface area contributed by atoms with Crippen molar-refractivity contribution in [2.24, 2.45) is 5.92 Å². The molecule has 2 aliphatic heterocycles. The van der Waals surface area contributed by atoms with E-state index in [0.717, 1.165) is 42.8 Å².